The van der Waals surface area contributed by atoms with E-state index < -0.39 is 0 Å². The van der Waals surface area contributed by atoms with Crippen LogP contribution in [0.5, 0.6) is 0 Å². The molecule has 0 spiro atoms. The minimum atomic E-state index is 0.0887. The molecule has 0 aliphatic heterocycles. The van der Waals surface area contributed by atoms with Gasteiger partial charge in [0.2, 0.25) is 0 Å². The molecular weight excluding hydrogens is 252 g/mol. The van der Waals surface area contributed by atoms with E-state index >= 15 is 0 Å². The molecule has 0 bridgehead atoms. The summed E-state index contributed by atoms with van der Waals surface area (Å²) < 4.78 is 0. The third-order valence-corrected chi connectivity index (χ3v) is 4.21. The molecule has 2 nitrogen and oxygen atoms in total. The van der Waals surface area contributed by atoms with Crippen molar-refractivity contribution >= 4 is 11.3 Å². The molecule has 1 atom stereocenters. The summed E-state index contributed by atoms with van der Waals surface area (Å²) in [7, 11) is 0. The van der Waals surface area contributed by atoms with Crippen LogP contribution < -0.4 is 11.3 Å². The van der Waals surface area contributed by atoms with Gasteiger partial charge in [0.1, 0.15) is 0 Å². The number of hydrogen-bond acceptors (Lipinski definition) is 3. The molecule has 0 radical (unpaired) electrons. The smallest absolute Gasteiger partial charge is 0.0802 e. The standard InChI is InChI=1S/C16H22N2S/c1-11(2)9-13-5-4-6-14(10-13)16(18-17)15-8-7-12(3)19-15/h4-8,10-11,16,18H,9,17H2,1-3H3. The van der Waals surface area contributed by atoms with Gasteiger partial charge in [-0.1, -0.05) is 38.1 Å². The van der Waals surface area contributed by atoms with Gasteiger partial charge in [0, 0.05) is 9.75 Å². The fourth-order valence-corrected chi connectivity index (χ4v) is 3.29. The van der Waals surface area contributed by atoms with E-state index in [0.717, 1.165) is 6.42 Å². The molecule has 0 saturated heterocycles. The van der Waals surface area contributed by atoms with Crippen LogP contribution in [-0.4, -0.2) is 0 Å². The third-order valence-electron chi connectivity index (χ3n) is 3.14. The molecule has 2 rings (SSSR count). The molecule has 1 unspecified atom stereocenters. The van der Waals surface area contributed by atoms with Crippen LogP contribution in [0.1, 0.15) is 40.8 Å². The summed E-state index contributed by atoms with van der Waals surface area (Å²) in [6.45, 7) is 6.61. The van der Waals surface area contributed by atoms with Crippen LogP contribution in [0.4, 0.5) is 0 Å². The van der Waals surface area contributed by atoms with Crippen molar-refractivity contribution in [3.63, 3.8) is 0 Å². The Bertz CT molecular complexity index is 531. The molecule has 0 saturated carbocycles. The highest BCUT2D eigenvalue weighted by Gasteiger charge is 2.14. The maximum absolute atomic E-state index is 5.75. The van der Waals surface area contributed by atoms with Crippen molar-refractivity contribution in [3.05, 3.63) is 57.3 Å². The lowest BCUT2D eigenvalue weighted by Gasteiger charge is -2.16. The second-order valence-corrected chi connectivity index (χ2v) is 6.71. The van der Waals surface area contributed by atoms with Crippen molar-refractivity contribution in [1.29, 1.82) is 0 Å². The Balaban J connectivity index is 2.28. The molecule has 1 heterocycles. The van der Waals surface area contributed by atoms with E-state index in [1.807, 2.05) is 0 Å². The summed E-state index contributed by atoms with van der Waals surface area (Å²) in [4.78, 5) is 2.58. The highest BCUT2D eigenvalue weighted by Crippen LogP contribution is 2.28. The number of aryl methyl sites for hydroxylation is 1. The van der Waals surface area contributed by atoms with Gasteiger partial charge >= 0.3 is 0 Å². The molecular formula is C16H22N2S. The van der Waals surface area contributed by atoms with E-state index in [1.54, 1.807) is 11.3 Å². The lowest BCUT2D eigenvalue weighted by Crippen LogP contribution is -2.28. The van der Waals surface area contributed by atoms with Crippen LogP contribution in [0.15, 0.2) is 36.4 Å². The van der Waals surface area contributed by atoms with Crippen molar-refractivity contribution < 1.29 is 0 Å². The van der Waals surface area contributed by atoms with Crippen LogP contribution in [-0.2, 0) is 6.42 Å². The largest absolute Gasteiger partial charge is 0.271 e. The molecule has 0 amide bonds. The van der Waals surface area contributed by atoms with Crippen molar-refractivity contribution in [2.45, 2.75) is 33.2 Å². The van der Waals surface area contributed by atoms with Crippen LogP contribution >= 0.6 is 11.3 Å². The Hall–Kier alpha value is -1.16. The molecule has 0 fully saturated rings. The average Bonchev–Trinajstić information content (AvgIpc) is 2.76. The number of benzene rings is 1. The first-order valence-electron chi connectivity index (χ1n) is 6.71. The lowest BCUT2D eigenvalue weighted by atomic mass is 9.98. The summed E-state index contributed by atoms with van der Waals surface area (Å²) in [5.74, 6) is 6.42. The van der Waals surface area contributed by atoms with Crippen molar-refractivity contribution in [1.82, 2.24) is 5.43 Å². The monoisotopic (exact) mass is 274 g/mol. The number of thiophene rings is 1. The lowest BCUT2D eigenvalue weighted by molar-refractivity contribution is 0.633. The van der Waals surface area contributed by atoms with Gasteiger partial charge in [-0.25, -0.2) is 5.43 Å². The van der Waals surface area contributed by atoms with Crippen LogP contribution in [0.2, 0.25) is 0 Å². The number of hydrogen-bond donors (Lipinski definition) is 2. The molecule has 3 heteroatoms. The zero-order chi connectivity index (χ0) is 13.8. The van der Waals surface area contributed by atoms with Gasteiger partial charge in [-0.3, -0.25) is 5.84 Å². The summed E-state index contributed by atoms with van der Waals surface area (Å²) in [6, 6.07) is 13.1. The Morgan fingerprint density at radius 3 is 2.58 bits per heavy atom. The molecule has 0 aliphatic rings. The zero-order valence-electron chi connectivity index (χ0n) is 11.8. The van der Waals surface area contributed by atoms with Crippen LogP contribution in [0.3, 0.4) is 0 Å². The Morgan fingerprint density at radius 1 is 1.21 bits per heavy atom. The molecule has 0 aliphatic carbocycles. The molecule has 19 heavy (non-hydrogen) atoms. The summed E-state index contributed by atoms with van der Waals surface area (Å²) in [6.07, 6.45) is 1.11. The first kappa shape index (κ1) is 14.3. The SMILES string of the molecule is Cc1ccc(C(NN)c2cccc(CC(C)C)c2)s1. The van der Waals surface area contributed by atoms with Gasteiger partial charge < -0.3 is 0 Å². The fraction of sp³-hybridized carbons (Fsp3) is 0.375. The second kappa shape index (κ2) is 6.33. The molecule has 1 aromatic carbocycles. The van der Waals surface area contributed by atoms with E-state index in [1.165, 1.54) is 20.9 Å². The number of hydrazine groups is 1. The van der Waals surface area contributed by atoms with Crippen molar-refractivity contribution in [3.8, 4) is 0 Å². The quantitative estimate of drug-likeness (QED) is 0.643. The second-order valence-electron chi connectivity index (χ2n) is 5.39. The summed E-state index contributed by atoms with van der Waals surface area (Å²) >= 11 is 1.79. The first-order chi connectivity index (χ1) is 9.10. The molecule has 1 aromatic heterocycles. The zero-order valence-corrected chi connectivity index (χ0v) is 12.6. The Labute approximate surface area is 119 Å². The predicted molar refractivity (Wildman–Crippen MR) is 83.2 cm³/mol. The van der Waals surface area contributed by atoms with Gasteiger partial charge in [0.05, 0.1) is 6.04 Å². The number of rotatable bonds is 5. The minimum absolute atomic E-state index is 0.0887. The number of nitrogens with two attached hydrogens (primary N) is 1. The van der Waals surface area contributed by atoms with Gasteiger partial charge in [-0.05, 0) is 42.5 Å². The van der Waals surface area contributed by atoms with Gasteiger partial charge in [0.25, 0.3) is 0 Å². The van der Waals surface area contributed by atoms with Crippen LogP contribution in [0, 0.1) is 12.8 Å². The predicted octanol–water partition coefficient (Wildman–Crippen LogP) is 3.81. The van der Waals surface area contributed by atoms with Gasteiger partial charge in [-0.15, -0.1) is 11.3 Å². The van der Waals surface area contributed by atoms with E-state index in [0.29, 0.717) is 5.92 Å². The summed E-state index contributed by atoms with van der Waals surface area (Å²) in [5, 5.41) is 0. The molecule has 2 aromatic rings. The highest BCUT2D eigenvalue weighted by molar-refractivity contribution is 7.12. The molecule has 102 valence electrons. The average molecular weight is 274 g/mol. The highest BCUT2D eigenvalue weighted by atomic mass is 32.1. The van der Waals surface area contributed by atoms with Crippen molar-refractivity contribution in [2.24, 2.45) is 11.8 Å². The number of nitrogens with one attached hydrogen (secondary N) is 1. The Morgan fingerprint density at radius 2 is 2.00 bits per heavy atom. The topological polar surface area (TPSA) is 38.0 Å². The molecule has 3 N–H and O–H groups in total. The maximum atomic E-state index is 5.75. The Kier molecular flexibility index (Phi) is 4.75. The van der Waals surface area contributed by atoms with E-state index in [9.17, 15) is 0 Å². The minimum Gasteiger partial charge on any atom is -0.271 e. The maximum Gasteiger partial charge on any atom is 0.0802 e. The fourth-order valence-electron chi connectivity index (χ4n) is 2.32. The summed E-state index contributed by atoms with van der Waals surface area (Å²) in [5.41, 5.74) is 5.55. The van der Waals surface area contributed by atoms with E-state index in [4.69, 9.17) is 5.84 Å². The van der Waals surface area contributed by atoms with Gasteiger partial charge in [0.15, 0.2) is 0 Å². The van der Waals surface area contributed by atoms with Gasteiger partial charge in [-0.2, -0.15) is 0 Å². The van der Waals surface area contributed by atoms with E-state index in [2.05, 4.69) is 62.6 Å². The van der Waals surface area contributed by atoms with Crippen LogP contribution in [0.25, 0.3) is 0 Å². The normalized spacial score (nSPS) is 12.9. The van der Waals surface area contributed by atoms with E-state index in [-0.39, 0.29) is 6.04 Å². The van der Waals surface area contributed by atoms with Crippen molar-refractivity contribution in [2.75, 3.05) is 0 Å². The first-order valence-corrected chi connectivity index (χ1v) is 7.53. The third kappa shape index (κ3) is 3.66.